The zero-order valence-electron chi connectivity index (χ0n) is 27.8. The number of rotatable bonds is 26. The number of benzene rings is 1. The molecule has 0 saturated carbocycles. The van der Waals surface area contributed by atoms with Crippen LogP contribution in [-0.4, -0.2) is 48.5 Å². The highest BCUT2D eigenvalue weighted by molar-refractivity contribution is 7.89. The summed E-state index contributed by atoms with van der Waals surface area (Å²) in [6.07, 6.45) is 24.8. The van der Waals surface area contributed by atoms with Crippen molar-refractivity contribution in [1.82, 2.24) is 4.31 Å². The molecule has 44 heavy (non-hydrogen) atoms. The molecule has 1 aromatic carbocycles. The first-order valence-corrected chi connectivity index (χ1v) is 19.3. The van der Waals surface area contributed by atoms with Gasteiger partial charge in [0, 0.05) is 12.8 Å². The maximum Gasteiger partial charge on any atom is 0.322 e. The van der Waals surface area contributed by atoms with Gasteiger partial charge in [0.25, 0.3) is 0 Å². The van der Waals surface area contributed by atoms with Crippen LogP contribution in [0.5, 0.6) is 0 Å². The van der Waals surface area contributed by atoms with Crippen molar-refractivity contribution in [3.05, 3.63) is 29.8 Å². The van der Waals surface area contributed by atoms with Gasteiger partial charge in [-0.3, -0.25) is 9.59 Å². The van der Waals surface area contributed by atoms with Crippen molar-refractivity contribution in [2.45, 2.75) is 179 Å². The van der Waals surface area contributed by atoms with Crippen molar-refractivity contribution in [2.24, 2.45) is 0 Å². The maximum absolute atomic E-state index is 13.4. The van der Waals surface area contributed by atoms with Gasteiger partial charge in [0.05, 0.1) is 11.4 Å². The topological polar surface area (TPSA) is 101 Å². The fourth-order valence-corrected chi connectivity index (χ4v) is 7.75. The third-order valence-electron chi connectivity index (χ3n) is 8.88. The Morgan fingerprint density at radius 2 is 1.18 bits per heavy atom. The van der Waals surface area contributed by atoms with E-state index in [1.807, 2.05) is 12.1 Å². The number of aryl methyl sites for hydroxylation is 1. The van der Waals surface area contributed by atoms with Crippen LogP contribution >= 0.6 is 0 Å². The summed E-state index contributed by atoms with van der Waals surface area (Å²) in [4.78, 5) is 24.5. The summed E-state index contributed by atoms with van der Waals surface area (Å²) in [5.74, 6) is -1.60. The number of hydrogen-bond acceptors (Lipinski definition) is 5. The molecule has 0 spiro atoms. The standard InChI is InChI=1S/C36H61NO6S/c1-3-5-7-9-11-13-15-17-19-21-23-31-25-27-33(28-26-31)44(41,42)37-30-32(29-34(37)36(39)40)43-35(38)24-22-20-18-16-14-12-10-8-6-4-2/h25-28,32,34H,3-24,29-30H2,1-2H3,(H,39,40)/t32-,34+/m1/s1. The Morgan fingerprint density at radius 3 is 1.66 bits per heavy atom. The van der Waals surface area contributed by atoms with E-state index in [0.717, 1.165) is 42.0 Å². The molecule has 252 valence electrons. The van der Waals surface area contributed by atoms with Gasteiger partial charge in [-0.1, -0.05) is 142 Å². The molecular weight excluding hydrogens is 574 g/mol. The van der Waals surface area contributed by atoms with Gasteiger partial charge < -0.3 is 9.84 Å². The summed E-state index contributed by atoms with van der Waals surface area (Å²) in [7, 11) is -4.04. The molecule has 1 N–H and O–H groups in total. The van der Waals surface area contributed by atoms with E-state index in [4.69, 9.17) is 4.74 Å². The Kier molecular flexibility index (Phi) is 19.6. The van der Waals surface area contributed by atoms with Crippen LogP contribution < -0.4 is 0 Å². The second kappa shape index (κ2) is 22.6. The molecule has 2 rings (SSSR count). The number of esters is 1. The van der Waals surface area contributed by atoms with Gasteiger partial charge in [0.1, 0.15) is 12.1 Å². The molecule has 1 saturated heterocycles. The molecule has 7 nitrogen and oxygen atoms in total. The molecule has 8 heteroatoms. The van der Waals surface area contributed by atoms with Crippen LogP contribution in [0.2, 0.25) is 0 Å². The summed E-state index contributed by atoms with van der Waals surface area (Å²) >= 11 is 0. The van der Waals surface area contributed by atoms with Gasteiger partial charge in [0.15, 0.2) is 0 Å². The van der Waals surface area contributed by atoms with Gasteiger partial charge in [-0.2, -0.15) is 4.31 Å². The number of carboxylic acid groups (broad SMARTS) is 1. The maximum atomic E-state index is 13.4. The molecule has 1 aliphatic heterocycles. The number of hydrogen-bond donors (Lipinski definition) is 1. The monoisotopic (exact) mass is 635 g/mol. The van der Waals surface area contributed by atoms with E-state index >= 15 is 0 Å². The average molecular weight is 636 g/mol. The lowest BCUT2D eigenvalue weighted by atomic mass is 10.0. The van der Waals surface area contributed by atoms with E-state index < -0.39 is 28.1 Å². The fourth-order valence-electron chi connectivity index (χ4n) is 6.13. The number of nitrogens with zero attached hydrogens (tertiary/aromatic N) is 1. The first-order chi connectivity index (χ1) is 21.3. The van der Waals surface area contributed by atoms with Crippen LogP contribution in [0.15, 0.2) is 29.2 Å². The molecule has 0 aromatic heterocycles. The van der Waals surface area contributed by atoms with Crippen molar-refractivity contribution in [2.75, 3.05) is 6.54 Å². The first-order valence-electron chi connectivity index (χ1n) is 17.8. The third-order valence-corrected chi connectivity index (χ3v) is 10.8. The van der Waals surface area contributed by atoms with E-state index in [1.165, 1.54) is 103 Å². The first kappa shape index (κ1) is 38.3. The van der Waals surface area contributed by atoms with Crippen LogP contribution in [0.1, 0.15) is 161 Å². The molecule has 1 heterocycles. The third kappa shape index (κ3) is 14.9. The van der Waals surface area contributed by atoms with Crippen molar-refractivity contribution in [1.29, 1.82) is 0 Å². The number of unbranched alkanes of at least 4 members (excludes halogenated alkanes) is 18. The highest BCUT2D eigenvalue weighted by atomic mass is 32.2. The number of ether oxygens (including phenoxy) is 1. The number of carboxylic acids is 1. The summed E-state index contributed by atoms with van der Waals surface area (Å²) < 4.78 is 33.4. The number of sulfonamides is 1. The van der Waals surface area contributed by atoms with Crippen molar-refractivity contribution in [3.8, 4) is 0 Å². The van der Waals surface area contributed by atoms with E-state index in [1.54, 1.807) is 12.1 Å². The van der Waals surface area contributed by atoms with Crippen LogP contribution in [0.4, 0.5) is 0 Å². The van der Waals surface area contributed by atoms with E-state index in [2.05, 4.69) is 13.8 Å². The van der Waals surface area contributed by atoms with Gasteiger partial charge in [-0.05, 0) is 37.0 Å². The van der Waals surface area contributed by atoms with E-state index in [-0.39, 0.29) is 30.3 Å². The van der Waals surface area contributed by atoms with Crippen LogP contribution in [0.3, 0.4) is 0 Å². The van der Waals surface area contributed by atoms with Gasteiger partial charge in [-0.25, -0.2) is 8.42 Å². The highest BCUT2D eigenvalue weighted by Crippen LogP contribution is 2.29. The van der Waals surface area contributed by atoms with E-state index in [0.29, 0.717) is 0 Å². The average Bonchev–Trinajstić information content (AvgIpc) is 3.44. The minimum atomic E-state index is -4.04. The summed E-state index contributed by atoms with van der Waals surface area (Å²) in [5, 5.41) is 9.77. The molecule has 0 aliphatic carbocycles. The number of aliphatic carboxylic acids is 1. The predicted octanol–water partition coefficient (Wildman–Crippen LogP) is 9.22. The molecule has 0 amide bonds. The molecule has 1 aliphatic rings. The molecule has 0 radical (unpaired) electrons. The summed E-state index contributed by atoms with van der Waals surface area (Å²) in [5.41, 5.74) is 1.08. The second-order valence-corrected chi connectivity index (χ2v) is 14.7. The second-order valence-electron chi connectivity index (χ2n) is 12.8. The van der Waals surface area contributed by atoms with Crippen LogP contribution in [0, 0.1) is 0 Å². The largest absolute Gasteiger partial charge is 0.480 e. The number of carbonyl (C=O) groups is 2. The zero-order chi connectivity index (χ0) is 32.0. The lowest BCUT2D eigenvalue weighted by Crippen LogP contribution is -2.40. The van der Waals surface area contributed by atoms with Gasteiger partial charge in [0.2, 0.25) is 10.0 Å². The SMILES string of the molecule is CCCCCCCCCCCCC(=O)O[C@@H]1C[C@@H](C(=O)O)N(S(=O)(=O)c2ccc(CCCCCCCCCCCC)cc2)C1. The van der Waals surface area contributed by atoms with Gasteiger partial charge in [-0.15, -0.1) is 0 Å². The van der Waals surface area contributed by atoms with E-state index in [9.17, 15) is 23.1 Å². The summed E-state index contributed by atoms with van der Waals surface area (Å²) in [6.45, 7) is 4.33. The Bertz CT molecular complexity index is 1030. The molecule has 0 bridgehead atoms. The minimum absolute atomic E-state index is 0.0326. The quantitative estimate of drug-likeness (QED) is 0.0804. The lowest BCUT2D eigenvalue weighted by Gasteiger charge is -2.21. The minimum Gasteiger partial charge on any atom is -0.480 e. The Labute approximate surface area is 268 Å². The molecule has 1 aromatic rings. The summed E-state index contributed by atoms with van der Waals surface area (Å²) in [6, 6.07) is 5.56. The van der Waals surface area contributed by atoms with Gasteiger partial charge >= 0.3 is 11.9 Å². The van der Waals surface area contributed by atoms with Crippen molar-refractivity contribution >= 4 is 22.0 Å². The molecule has 0 unspecified atom stereocenters. The lowest BCUT2D eigenvalue weighted by molar-refractivity contribution is -0.149. The highest BCUT2D eigenvalue weighted by Gasteiger charge is 2.45. The molecular formula is C36H61NO6S. The number of carbonyl (C=O) groups excluding carboxylic acids is 1. The van der Waals surface area contributed by atoms with Crippen molar-refractivity contribution in [3.63, 3.8) is 0 Å². The Morgan fingerprint density at radius 1 is 0.727 bits per heavy atom. The fraction of sp³-hybridized carbons (Fsp3) is 0.778. The Hall–Kier alpha value is -1.93. The molecule has 1 fully saturated rings. The predicted molar refractivity (Wildman–Crippen MR) is 178 cm³/mol. The smallest absolute Gasteiger partial charge is 0.322 e. The van der Waals surface area contributed by atoms with Crippen LogP contribution in [0.25, 0.3) is 0 Å². The Balaban J connectivity index is 1.72. The van der Waals surface area contributed by atoms with Crippen LogP contribution in [-0.2, 0) is 30.8 Å². The zero-order valence-corrected chi connectivity index (χ0v) is 28.6. The normalized spacial score (nSPS) is 17.2. The molecule has 2 atom stereocenters. The van der Waals surface area contributed by atoms with Crippen molar-refractivity contribution < 1.29 is 27.9 Å².